The second-order valence-electron chi connectivity index (χ2n) is 11.6. The van der Waals surface area contributed by atoms with Crippen molar-refractivity contribution in [1.82, 2.24) is 9.88 Å². The predicted octanol–water partition coefficient (Wildman–Crippen LogP) is 4.95. The van der Waals surface area contributed by atoms with E-state index in [2.05, 4.69) is 53.8 Å². The van der Waals surface area contributed by atoms with Crippen molar-refractivity contribution >= 4 is 0 Å². The van der Waals surface area contributed by atoms with Crippen molar-refractivity contribution in [2.45, 2.75) is 109 Å². The Kier molecular flexibility index (Phi) is 3.51. The first-order chi connectivity index (χ1) is 11.8. The lowest BCUT2D eigenvalue weighted by Crippen LogP contribution is -2.57. The third kappa shape index (κ3) is 2.44. The van der Waals surface area contributed by atoms with Crippen LogP contribution in [0, 0.1) is 5.41 Å². The normalized spacial score (nSPS) is 34.7. The molecule has 1 saturated heterocycles. The van der Waals surface area contributed by atoms with Crippen LogP contribution < -0.4 is 5.32 Å². The number of hydrogen-bond donors (Lipinski definition) is 3. The Morgan fingerprint density at radius 1 is 0.923 bits per heavy atom. The van der Waals surface area contributed by atoms with E-state index in [1.54, 1.807) is 0 Å². The largest absolute Gasteiger partial charge is 0.494 e. The van der Waals surface area contributed by atoms with Gasteiger partial charge < -0.3 is 15.5 Å². The predicted molar refractivity (Wildman–Crippen MR) is 105 cm³/mol. The first-order valence-electron chi connectivity index (χ1n) is 10.2. The molecular formula is C22H36N2O2. The van der Waals surface area contributed by atoms with Crippen molar-refractivity contribution in [1.29, 1.82) is 0 Å². The Morgan fingerprint density at radius 2 is 1.50 bits per heavy atom. The van der Waals surface area contributed by atoms with Gasteiger partial charge >= 0.3 is 0 Å². The number of aromatic nitrogens is 1. The second-order valence-corrected chi connectivity index (χ2v) is 11.6. The zero-order valence-electron chi connectivity index (χ0n) is 17.5. The fourth-order valence-corrected chi connectivity index (χ4v) is 7.12. The SMILES string of the molecule is CC1(C)CC(n2c(O)c3c(c2O)C2(C)CCC3C(C)(C)C2)CC(C)(C)N1. The molecule has 1 aliphatic heterocycles. The highest BCUT2D eigenvalue weighted by molar-refractivity contribution is 5.56. The maximum atomic E-state index is 11.3. The molecule has 4 aliphatic rings. The van der Waals surface area contributed by atoms with Crippen LogP contribution in [0.5, 0.6) is 11.8 Å². The van der Waals surface area contributed by atoms with E-state index in [0.717, 1.165) is 43.2 Å². The van der Waals surface area contributed by atoms with E-state index in [1.807, 2.05) is 4.57 Å². The van der Waals surface area contributed by atoms with E-state index < -0.39 is 0 Å². The number of rotatable bonds is 1. The lowest BCUT2D eigenvalue weighted by Gasteiger charge is -2.53. The maximum absolute atomic E-state index is 11.3. The summed E-state index contributed by atoms with van der Waals surface area (Å²) in [6, 6.07) is 0.109. The van der Waals surface area contributed by atoms with Crippen LogP contribution in [0.2, 0.25) is 0 Å². The van der Waals surface area contributed by atoms with Gasteiger partial charge in [-0.3, -0.25) is 4.57 Å². The Labute approximate surface area is 158 Å². The lowest BCUT2D eigenvalue weighted by atomic mass is 9.50. The number of fused-ring (bicyclic) bond motifs is 2. The van der Waals surface area contributed by atoms with Crippen LogP contribution in [0.15, 0.2) is 0 Å². The molecule has 146 valence electrons. The molecule has 26 heavy (non-hydrogen) atoms. The highest BCUT2D eigenvalue weighted by atomic mass is 16.3. The average molecular weight is 361 g/mol. The van der Waals surface area contributed by atoms with Crippen LogP contribution in [0.3, 0.4) is 0 Å². The van der Waals surface area contributed by atoms with Crippen molar-refractivity contribution < 1.29 is 10.2 Å². The van der Waals surface area contributed by atoms with E-state index >= 15 is 0 Å². The molecule has 1 aromatic heterocycles. The second kappa shape index (κ2) is 5.01. The van der Waals surface area contributed by atoms with Gasteiger partial charge in [0.2, 0.25) is 0 Å². The summed E-state index contributed by atoms with van der Waals surface area (Å²) in [5, 5.41) is 26.3. The van der Waals surface area contributed by atoms with E-state index in [4.69, 9.17) is 0 Å². The van der Waals surface area contributed by atoms with Gasteiger partial charge in [-0.1, -0.05) is 20.8 Å². The summed E-state index contributed by atoms with van der Waals surface area (Å²) in [4.78, 5) is 0. The molecule has 0 radical (unpaired) electrons. The fourth-order valence-electron chi connectivity index (χ4n) is 7.12. The molecule has 0 amide bonds. The highest BCUT2D eigenvalue weighted by Gasteiger charge is 2.55. The van der Waals surface area contributed by atoms with Crippen LogP contribution in [-0.2, 0) is 5.41 Å². The summed E-state index contributed by atoms with van der Waals surface area (Å²) in [7, 11) is 0. The van der Waals surface area contributed by atoms with Gasteiger partial charge in [0.1, 0.15) is 0 Å². The molecule has 0 spiro atoms. The Balaban J connectivity index is 1.87. The van der Waals surface area contributed by atoms with Gasteiger partial charge in [0.05, 0.1) is 0 Å². The molecule has 2 heterocycles. The Bertz CT molecular complexity index is 743. The molecule has 2 bridgehead atoms. The van der Waals surface area contributed by atoms with E-state index in [-0.39, 0.29) is 27.9 Å². The summed E-state index contributed by atoms with van der Waals surface area (Å²) < 4.78 is 1.88. The quantitative estimate of drug-likeness (QED) is 0.664. The molecule has 2 unspecified atom stereocenters. The number of nitrogens with one attached hydrogen (secondary N) is 1. The fraction of sp³-hybridized carbons (Fsp3) is 0.818. The van der Waals surface area contributed by atoms with E-state index in [1.165, 1.54) is 0 Å². The monoisotopic (exact) mass is 360 g/mol. The van der Waals surface area contributed by atoms with Crippen LogP contribution in [0.4, 0.5) is 0 Å². The number of piperidine rings is 1. The Hall–Kier alpha value is -1.16. The first kappa shape index (κ1) is 18.2. The third-order valence-corrected chi connectivity index (χ3v) is 7.45. The van der Waals surface area contributed by atoms with Crippen molar-refractivity contribution in [2.24, 2.45) is 5.41 Å². The van der Waals surface area contributed by atoms with Crippen LogP contribution in [-0.4, -0.2) is 25.9 Å². The molecule has 2 atom stereocenters. The maximum Gasteiger partial charge on any atom is 0.198 e. The summed E-state index contributed by atoms with van der Waals surface area (Å²) in [6.07, 6.45) is 5.09. The molecular weight excluding hydrogens is 324 g/mol. The number of hydrogen-bond acceptors (Lipinski definition) is 3. The van der Waals surface area contributed by atoms with Crippen molar-refractivity contribution in [3.8, 4) is 11.8 Å². The lowest BCUT2D eigenvalue weighted by molar-refractivity contribution is 0.0993. The van der Waals surface area contributed by atoms with Crippen LogP contribution in [0.1, 0.15) is 104 Å². The molecule has 1 aromatic rings. The zero-order chi connectivity index (χ0) is 19.3. The van der Waals surface area contributed by atoms with Crippen LogP contribution >= 0.6 is 0 Å². The third-order valence-electron chi connectivity index (χ3n) is 7.45. The highest BCUT2D eigenvalue weighted by Crippen LogP contribution is 2.66. The summed E-state index contributed by atoms with van der Waals surface area (Å²) >= 11 is 0. The minimum Gasteiger partial charge on any atom is -0.494 e. The smallest absolute Gasteiger partial charge is 0.198 e. The average Bonchev–Trinajstić information content (AvgIpc) is 2.67. The number of nitrogens with zero attached hydrogens (tertiary/aromatic N) is 1. The van der Waals surface area contributed by atoms with Gasteiger partial charge in [0, 0.05) is 28.2 Å². The summed E-state index contributed by atoms with van der Waals surface area (Å²) in [5.41, 5.74) is 2.17. The van der Waals surface area contributed by atoms with Crippen molar-refractivity contribution in [2.75, 3.05) is 0 Å². The molecule has 1 saturated carbocycles. The molecule has 3 aliphatic carbocycles. The molecule has 2 fully saturated rings. The molecule has 3 N–H and O–H groups in total. The summed E-state index contributed by atoms with van der Waals surface area (Å²) in [5.74, 6) is 1.01. The molecule has 4 nitrogen and oxygen atoms in total. The first-order valence-corrected chi connectivity index (χ1v) is 10.2. The van der Waals surface area contributed by atoms with Gasteiger partial charge in [0.25, 0.3) is 0 Å². The topological polar surface area (TPSA) is 57.4 Å². The Morgan fingerprint density at radius 3 is 2.04 bits per heavy atom. The molecule has 4 heteroatoms. The summed E-state index contributed by atoms with van der Waals surface area (Å²) in [6.45, 7) is 15.8. The van der Waals surface area contributed by atoms with E-state index in [9.17, 15) is 10.2 Å². The zero-order valence-corrected chi connectivity index (χ0v) is 17.5. The molecule has 0 aromatic carbocycles. The standard InChI is InChI=1S/C22H36N2O2/c1-19(2)12-22(7)9-8-14(19)15-16(22)18(26)24(17(15)25)13-10-20(3,4)23-21(5,6)11-13/h13-14,23,25-26H,8-12H2,1-7H3. The van der Waals surface area contributed by atoms with Crippen molar-refractivity contribution in [3.63, 3.8) is 0 Å². The van der Waals surface area contributed by atoms with Crippen molar-refractivity contribution in [3.05, 3.63) is 11.1 Å². The van der Waals surface area contributed by atoms with Gasteiger partial charge in [-0.15, -0.1) is 0 Å². The van der Waals surface area contributed by atoms with Gasteiger partial charge in [0.15, 0.2) is 11.8 Å². The van der Waals surface area contributed by atoms with Gasteiger partial charge in [-0.2, -0.15) is 0 Å². The molecule has 5 rings (SSSR count). The minimum atomic E-state index is -0.0295. The van der Waals surface area contributed by atoms with Crippen LogP contribution in [0.25, 0.3) is 0 Å². The minimum absolute atomic E-state index is 0.0294. The van der Waals surface area contributed by atoms with Gasteiger partial charge in [-0.25, -0.2) is 0 Å². The van der Waals surface area contributed by atoms with Gasteiger partial charge in [-0.05, 0) is 76.5 Å². The number of aromatic hydroxyl groups is 2. The van der Waals surface area contributed by atoms with E-state index in [0.29, 0.717) is 17.7 Å².